The van der Waals surface area contributed by atoms with Gasteiger partial charge in [-0.15, -0.1) is 11.8 Å². The standard InChI is InChI=1S/C16H28O3S/c1-9-10(2)18-15(17-9)13(5,6)16(14(15,7)8)19-11(3)12(4)20-16/h9-12H,1-8H3/t9-,10-,11-,12-/m0/s1. The molecule has 3 fully saturated rings. The smallest absolute Gasteiger partial charge is 0.186 e. The van der Waals surface area contributed by atoms with Crippen molar-refractivity contribution in [2.45, 2.75) is 89.7 Å². The van der Waals surface area contributed by atoms with Gasteiger partial charge >= 0.3 is 0 Å². The number of ether oxygens (including phenoxy) is 3. The molecule has 3 rings (SSSR count). The summed E-state index contributed by atoms with van der Waals surface area (Å²) in [7, 11) is 0. The minimum absolute atomic E-state index is 0.132. The van der Waals surface area contributed by atoms with E-state index in [-0.39, 0.29) is 34.1 Å². The van der Waals surface area contributed by atoms with E-state index in [1.54, 1.807) is 0 Å². The third kappa shape index (κ3) is 1.31. The van der Waals surface area contributed by atoms with Crippen molar-refractivity contribution in [1.82, 2.24) is 0 Å². The van der Waals surface area contributed by atoms with Crippen LogP contribution in [0.5, 0.6) is 0 Å². The van der Waals surface area contributed by atoms with E-state index in [1.807, 2.05) is 11.8 Å². The summed E-state index contributed by atoms with van der Waals surface area (Å²) in [5.41, 5.74) is -0.349. The molecule has 3 aliphatic rings. The predicted octanol–water partition coefficient (Wildman–Crippen LogP) is 3.81. The van der Waals surface area contributed by atoms with Gasteiger partial charge in [-0.25, -0.2) is 0 Å². The highest BCUT2D eigenvalue weighted by atomic mass is 32.2. The van der Waals surface area contributed by atoms with E-state index in [1.165, 1.54) is 0 Å². The zero-order valence-electron chi connectivity index (χ0n) is 13.9. The highest BCUT2D eigenvalue weighted by Crippen LogP contribution is 2.79. The molecule has 0 aromatic heterocycles. The molecule has 0 N–H and O–H groups in total. The molecular formula is C16H28O3S. The molecule has 116 valence electrons. The second kappa shape index (κ2) is 3.95. The van der Waals surface area contributed by atoms with Crippen LogP contribution in [0.4, 0.5) is 0 Å². The summed E-state index contributed by atoms with van der Waals surface area (Å²) < 4.78 is 19.2. The number of rotatable bonds is 0. The Morgan fingerprint density at radius 3 is 1.50 bits per heavy atom. The van der Waals surface area contributed by atoms with Gasteiger partial charge in [0.15, 0.2) is 5.79 Å². The van der Waals surface area contributed by atoms with Gasteiger partial charge in [0.05, 0.1) is 29.1 Å². The summed E-state index contributed by atoms with van der Waals surface area (Å²) >= 11 is 1.96. The molecule has 4 heteroatoms. The van der Waals surface area contributed by atoms with Gasteiger partial charge in [-0.05, 0) is 20.8 Å². The van der Waals surface area contributed by atoms with E-state index >= 15 is 0 Å². The first kappa shape index (κ1) is 15.1. The Hall–Kier alpha value is 0.230. The Bertz CT molecular complexity index is 355. The first-order valence-corrected chi connectivity index (χ1v) is 8.62. The topological polar surface area (TPSA) is 27.7 Å². The van der Waals surface area contributed by atoms with Gasteiger partial charge in [0.1, 0.15) is 4.93 Å². The molecule has 0 unspecified atom stereocenters. The van der Waals surface area contributed by atoms with E-state index in [0.29, 0.717) is 5.25 Å². The Balaban J connectivity index is 2.03. The van der Waals surface area contributed by atoms with Crippen molar-refractivity contribution in [3.63, 3.8) is 0 Å². The van der Waals surface area contributed by atoms with Gasteiger partial charge < -0.3 is 14.2 Å². The van der Waals surface area contributed by atoms with Crippen molar-refractivity contribution in [2.24, 2.45) is 10.8 Å². The number of hydrogen-bond donors (Lipinski definition) is 0. The predicted molar refractivity (Wildman–Crippen MR) is 81.7 cm³/mol. The van der Waals surface area contributed by atoms with Gasteiger partial charge in [-0.3, -0.25) is 0 Å². The van der Waals surface area contributed by atoms with Crippen LogP contribution in [0.3, 0.4) is 0 Å². The lowest BCUT2D eigenvalue weighted by atomic mass is 9.47. The fraction of sp³-hybridized carbons (Fsp3) is 1.00. The summed E-state index contributed by atoms with van der Waals surface area (Å²) in [6.45, 7) is 17.6. The quantitative estimate of drug-likeness (QED) is 0.680. The lowest BCUT2D eigenvalue weighted by Crippen LogP contribution is -2.83. The molecule has 1 aliphatic carbocycles. The molecule has 0 aromatic rings. The lowest BCUT2D eigenvalue weighted by Gasteiger charge is -2.73. The largest absolute Gasteiger partial charge is 0.359 e. The van der Waals surface area contributed by atoms with Gasteiger partial charge in [0.25, 0.3) is 0 Å². The Kier molecular flexibility index (Phi) is 2.99. The van der Waals surface area contributed by atoms with Crippen molar-refractivity contribution < 1.29 is 14.2 Å². The maximum atomic E-state index is 6.49. The number of thioether (sulfide) groups is 1. The van der Waals surface area contributed by atoms with E-state index in [2.05, 4.69) is 55.4 Å². The molecule has 3 nitrogen and oxygen atoms in total. The van der Waals surface area contributed by atoms with Crippen LogP contribution in [-0.2, 0) is 14.2 Å². The Labute approximate surface area is 127 Å². The maximum Gasteiger partial charge on any atom is 0.186 e. The van der Waals surface area contributed by atoms with Gasteiger partial charge in [-0.1, -0.05) is 34.6 Å². The van der Waals surface area contributed by atoms with Crippen LogP contribution >= 0.6 is 11.8 Å². The first-order chi connectivity index (χ1) is 9.02. The molecule has 0 radical (unpaired) electrons. The molecule has 2 heterocycles. The van der Waals surface area contributed by atoms with E-state index in [9.17, 15) is 0 Å². The van der Waals surface area contributed by atoms with Crippen molar-refractivity contribution in [3.8, 4) is 0 Å². The van der Waals surface area contributed by atoms with Crippen LogP contribution in [0.2, 0.25) is 0 Å². The van der Waals surface area contributed by atoms with Crippen molar-refractivity contribution >= 4 is 11.8 Å². The van der Waals surface area contributed by atoms with Crippen molar-refractivity contribution in [3.05, 3.63) is 0 Å². The summed E-state index contributed by atoms with van der Waals surface area (Å²) in [4.78, 5) is -0.234. The molecule has 0 aromatic carbocycles. The van der Waals surface area contributed by atoms with E-state index in [4.69, 9.17) is 14.2 Å². The van der Waals surface area contributed by atoms with Gasteiger partial charge in [0, 0.05) is 5.25 Å². The molecule has 4 atom stereocenters. The Morgan fingerprint density at radius 2 is 1.15 bits per heavy atom. The summed E-state index contributed by atoms with van der Waals surface area (Å²) in [5.74, 6) is -0.546. The van der Waals surface area contributed by atoms with Crippen LogP contribution < -0.4 is 0 Å². The highest BCUT2D eigenvalue weighted by molar-refractivity contribution is 8.01. The number of hydrogen-bond acceptors (Lipinski definition) is 4. The molecule has 2 aliphatic heterocycles. The van der Waals surface area contributed by atoms with Crippen LogP contribution in [0.1, 0.15) is 55.4 Å². The third-order valence-electron chi connectivity index (χ3n) is 6.02. The monoisotopic (exact) mass is 300 g/mol. The Morgan fingerprint density at radius 1 is 0.700 bits per heavy atom. The lowest BCUT2D eigenvalue weighted by molar-refractivity contribution is -0.434. The minimum Gasteiger partial charge on any atom is -0.359 e. The maximum absolute atomic E-state index is 6.49. The third-order valence-corrected chi connectivity index (χ3v) is 8.22. The zero-order valence-corrected chi connectivity index (χ0v) is 14.8. The molecule has 2 saturated heterocycles. The van der Waals surface area contributed by atoms with E-state index < -0.39 is 5.79 Å². The molecule has 2 spiro atoms. The first-order valence-electron chi connectivity index (χ1n) is 7.74. The molecular weight excluding hydrogens is 272 g/mol. The average molecular weight is 300 g/mol. The molecule has 0 bridgehead atoms. The molecule has 0 amide bonds. The second-order valence-corrected chi connectivity index (χ2v) is 9.33. The van der Waals surface area contributed by atoms with Gasteiger partial charge in [0.2, 0.25) is 0 Å². The summed E-state index contributed by atoms with van der Waals surface area (Å²) in [6, 6.07) is 0. The summed E-state index contributed by atoms with van der Waals surface area (Å²) in [6.07, 6.45) is 0.534. The van der Waals surface area contributed by atoms with Crippen LogP contribution in [0.25, 0.3) is 0 Å². The fourth-order valence-electron chi connectivity index (χ4n) is 4.60. The van der Waals surface area contributed by atoms with Crippen molar-refractivity contribution in [2.75, 3.05) is 0 Å². The van der Waals surface area contributed by atoms with E-state index in [0.717, 1.165) is 0 Å². The average Bonchev–Trinajstić information content (AvgIpc) is 2.81. The molecule has 20 heavy (non-hydrogen) atoms. The van der Waals surface area contributed by atoms with Crippen molar-refractivity contribution in [1.29, 1.82) is 0 Å². The normalized spacial score (nSPS) is 46.8. The van der Waals surface area contributed by atoms with Crippen LogP contribution in [0.15, 0.2) is 0 Å². The highest BCUT2D eigenvalue weighted by Gasteiger charge is 2.87. The van der Waals surface area contributed by atoms with Crippen LogP contribution in [0, 0.1) is 10.8 Å². The van der Waals surface area contributed by atoms with Gasteiger partial charge in [-0.2, -0.15) is 0 Å². The fourth-order valence-corrected chi connectivity index (χ4v) is 6.43. The summed E-state index contributed by atoms with van der Waals surface area (Å²) in [5, 5.41) is 0.502. The second-order valence-electron chi connectivity index (χ2n) is 7.78. The minimum atomic E-state index is -0.546. The van der Waals surface area contributed by atoms with Crippen LogP contribution in [-0.4, -0.2) is 34.3 Å². The zero-order chi connectivity index (χ0) is 15.1. The molecule has 1 saturated carbocycles. The SMILES string of the molecule is C[C@@H]1OC2(O[C@H]1C)C(C)(C)C1(O[C@@H](C)[C@H](C)S1)C2(C)C.